The largest absolute Gasteiger partial charge is 0.496 e. The zero-order chi connectivity index (χ0) is 17.2. The van der Waals surface area contributed by atoms with Crippen LogP contribution >= 0.6 is 15.9 Å². The van der Waals surface area contributed by atoms with E-state index in [-0.39, 0.29) is 5.95 Å². The third-order valence-corrected chi connectivity index (χ3v) is 3.96. The van der Waals surface area contributed by atoms with Gasteiger partial charge in [0.05, 0.1) is 23.8 Å². The molecule has 120 valence electrons. The number of hydrogen-bond donors (Lipinski definition) is 2. The van der Waals surface area contributed by atoms with E-state index in [1.807, 2.05) is 39.0 Å². The predicted octanol–water partition coefficient (Wildman–Crippen LogP) is 3.05. The van der Waals surface area contributed by atoms with Gasteiger partial charge in [0.15, 0.2) is 0 Å². The van der Waals surface area contributed by atoms with Crippen LogP contribution in [0.25, 0.3) is 0 Å². The normalized spacial score (nSPS) is 10.8. The summed E-state index contributed by atoms with van der Waals surface area (Å²) in [4.78, 5) is 8.07. The molecule has 0 aliphatic heterocycles. The first-order chi connectivity index (χ1) is 10.7. The van der Waals surface area contributed by atoms with E-state index in [1.54, 1.807) is 7.11 Å². The topological polar surface area (TPSA) is 87.0 Å². The summed E-state index contributed by atoms with van der Waals surface area (Å²) in [6.07, 6.45) is 0. The molecule has 0 spiro atoms. The number of halogens is 1. The van der Waals surface area contributed by atoms with E-state index in [9.17, 15) is 0 Å². The standard InChI is InChI=1S/C17H19BrN4O/c1-10-12(15(19)22-16(20)21-10)7-8-17(2,3)13-9-11(18)5-6-14(13)23-4/h5-6,9H,1-4H3,(H4,19,20,21,22). The van der Waals surface area contributed by atoms with E-state index in [0.29, 0.717) is 17.1 Å². The van der Waals surface area contributed by atoms with Gasteiger partial charge in [-0.1, -0.05) is 27.8 Å². The molecule has 0 radical (unpaired) electrons. The summed E-state index contributed by atoms with van der Waals surface area (Å²) in [5.41, 5.74) is 13.3. The van der Waals surface area contributed by atoms with Crippen LogP contribution in [-0.2, 0) is 5.41 Å². The second-order valence-corrected chi connectivity index (χ2v) is 6.56. The fourth-order valence-corrected chi connectivity index (χ4v) is 2.59. The molecule has 0 fully saturated rings. The van der Waals surface area contributed by atoms with Gasteiger partial charge in [0.25, 0.3) is 0 Å². The Morgan fingerprint density at radius 2 is 1.91 bits per heavy atom. The van der Waals surface area contributed by atoms with Crippen LogP contribution in [-0.4, -0.2) is 17.1 Å². The van der Waals surface area contributed by atoms with E-state index >= 15 is 0 Å². The van der Waals surface area contributed by atoms with Gasteiger partial charge in [-0.25, -0.2) is 4.98 Å². The van der Waals surface area contributed by atoms with Gasteiger partial charge in [0, 0.05) is 10.0 Å². The SMILES string of the molecule is COc1ccc(Br)cc1C(C)(C)C#Cc1c(C)nc(N)nc1N. The Bertz CT molecular complexity index is 783. The number of aryl methyl sites for hydroxylation is 1. The lowest BCUT2D eigenvalue weighted by molar-refractivity contribution is 0.403. The Morgan fingerprint density at radius 3 is 2.52 bits per heavy atom. The summed E-state index contributed by atoms with van der Waals surface area (Å²) in [6, 6.07) is 5.85. The molecule has 0 unspecified atom stereocenters. The number of hydrogen-bond acceptors (Lipinski definition) is 5. The maximum Gasteiger partial charge on any atom is 0.222 e. The second-order valence-electron chi connectivity index (χ2n) is 5.65. The van der Waals surface area contributed by atoms with Crippen molar-refractivity contribution in [2.45, 2.75) is 26.2 Å². The molecule has 0 bridgehead atoms. The molecule has 0 aliphatic carbocycles. The molecule has 1 aromatic heterocycles. The zero-order valence-corrected chi connectivity index (χ0v) is 15.2. The number of aromatic nitrogens is 2. The van der Waals surface area contributed by atoms with Gasteiger partial charge in [-0.15, -0.1) is 0 Å². The smallest absolute Gasteiger partial charge is 0.222 e. The van der Waals surface area contributed by atoms with Crippen molar-refractivity contribution < 1.29 is 4.74 Å². The molecule has 4 N–H and O–H groups in total. The highest BCUT2D eigenvalue weighted by Crippen LogP contribution is 2.33. The van der Waals surface area contributed by atoms with Crippen LogP contribution in [0.5, 0.6) is 5.75 Å². The van der Waals surface area contributed by atoms with Crippen molar-refractivity contribution >= 4 is 27.7 Å². The number of ether oxygens (including phenoxy) is 1. The predicted molar refractivity (Wildman–Crippen MR) is 96.2 cm³/mol. The van der Waals surface area contributed by atoms with Crippen molar-refractivity contribution in [3.63, 3.8) is 0 Å². The molecule has 0 saturated heterocycles. The lowest BCUT2D eigenvalue weighted by atomic mass is 9.84. The first kappa shape index (κ1) is 17.1. The van der Waals surface area contributed by atoms with Gasteiger partial charge in [-0.2, -0.15) is 4.98 Å². The van der Waals surface area contributed by atoms with E-state index in [2.05, 4.69) is 37.7 Å². The molecule has 5 nitrogen and oxygen atoms in total. The Labute approximate surface area is 144 Å². The average Bonchev–Trinajstić information content (AvgIpc) is 2.46. The lowest BCUT2D eigenvalue weighted by Crippen LogP contribution is -2.16. The third kappa shape index (κ3) is 3.74. The summed E-state index contributed by atoms with van der Waals surface area (Å²) in [5, 5.41) is 0. The summed E-state index contributed by atoms with van der Waals surface area (Å²) in [7, 11) is 1.65. The monoisotopic (exact) mass is 374 g/mol. The Morgan fingerprint density at radius 1 is 1.22 bits per heavy atom. The molecular formula is C17H19BrN4O. The van der Waals surface area contributed by atoms with Crippen molar-refractivity contribution in [1.29, 1.82) is 0 Å². The highest BCUT2D eigenvalue weighted by atomic mass is 79.9. The Kier molecular flexibility index (Phi) is 4.81. The van der Waals surface area contributed by atoms with Crippen LogP contribution < -0.4 is 16.2 Å². The van der Waals surface area contributed by atoms with Crippen molar-refractivity contribution in [3.8, 4) is 17.6 Å². The number of rotatable bonds is 2. The maximum absolute atomic E-state index is 5.90. The fourth-order valence-electron chi connectivity index (χ4n) is 2.23. The molecule has 6 heteroatoms. The molecule has 1 aromatic carbocycles. The van der Waals surface area contributed by atoms with Gasteiger partial charge in [0.1, 0.15) is 11.6 Å². The summed E-state index contributed by atoms with van der Waals surface area (Å²) in [6.45, 7) is 5.85. The molecule has 0 aliphatic rings. The number of anilines is 2. The first-order valence-corrected chi connectivity index (χ1v) is 7.80. The van der Waals surface area contributed by atoms with Crippen molar-refractivity contribution in [3.05, 3.63) is 39.5 Å². The van der Waals surface area contributed by atoms with Crippen LogP contribution in [0.3, 0.4) is 0 Å². The van der Waals surface area contributed by atoms with Gasteiger partial charge in [-0.3, -0.25) is 0 Å². The quantitative estimate of drug-likeness (QED) is 0.788. The minimum atomic E-state index is -0.449. The fraction of sp³-hybridized carbons (Fsp3) is 0.294. The molecule has 2 rings (SSSR count). The second kappa shape index (κ2) is 6.47. The van der Waals surface area contributed by atoms with Gasteiger partial charge in [0.2, 0.25) is 5.95 Å². The van der Waals surface area contributed by atoms with Gasteiger partial charge in [-0.05, 0) is 39.0 Å². The third-order valence-electron chi connectivity index (χ3n) is 3.47. The highest BCUT2D eigenvalue weighted by Gasteiger charge is 2.22. The van der Waals surface area contributed by atoms with Crippen LogP contribution in [0, 0.1) is 18.8 Å². The Hall–Kier alpha value is -2.26. The number of nitrogens with two attached hydrogens (primary N) is 2. The molecule has 0 amide bonds. The van der Waals surface area contributed by atoms with Crippen molar-refractivity contribution in [2.75, 3.05) is 18.6 Å². The van der Waals surface area contributed by atoms with Crippen molar-refractivity contribution in [1.82, 2.24) is 9.97 Å². The van der Waals surface area contributed by atoms with E-state index in [0.717, 1.165) is 15.8 Å². The minimum Gasteiger partial charge on any atom is -0.496 e. The minimum absolute atomic E-state index is 0.151. The summed E-state index contributed by atoms with van der Waals surface area (Å²) < 4.78 is 6.41. The highest BCUT2D eigenvalue weighted by molar-refractivity contribution is 9.10. The first-order valence-electron chi connectivity index (χ1n) is 7.01. The molecular weight excluding hydrogens is 356 g/mol. The van der Waals surface area contributed by atoms with Crippen LogP contribution in [0.2, 0.25) is 0 Å². The van der Waals surface area contributed by atoms with E-state index < -0.39 is 5.41 Å². The number of benzene rings is 1. The average molecular weight is 375 g/mol. The van der Waals surface area contributed by atoms with Crippen LogP contribution in [0.1, 0.15) is 30.7 Å². The Balaban J connectivity index is 2.50. The zero-order valence-electron chi connectivity index (χ0n) is 13.6. The molecule has 23 heavy (non-hydrogen) atoms. The van der Waals surface area contributed by atoms with Crippen molar-refractivity contribution in [2.24, 2.45) is 0 Å². The van der Waals surface area contributed by atoms with Crippen LogP contribution in [0.4, 0.5) is 11.8 Å². The van der Waals surface area contributed by atoms with Crippen LogP contribution in [0.15, 0.2) is 22.7 Å². The number of methoxy groups -OCH3 is 1. The molecule has 1 heterocycles. The molecule has 0 saturated carbocycles. The van der Waals surface area contributed by atoms with Gasteiger partial charge < -0.3 is 16.2 Å². The number of nitrogens with zero attached hydrogens (tertiary/aromatic N) is 2. The van der Waals surface area contributed by atoms with E-state index in [4.69, 9.17) is 16.2 Å². The van der Waals surface area contributed by atoms with E-state index in [1.165, 1.54) is 0 Å². The molecule has 0 atom stereocenters. The maximum atomic E-state index is 5.90. The summed E-state index contributed by atoms with van der Waals surface area (Å²) in [5.74, 6) is 7.56. The summed E-state index contributed by atoms with van der Waals surface area (Å²) >= 11 is 3.49. The lowest BCUT2D eigenvalue weighted by Gasteiger charge is -2.21. The van der Waals surface area contributed by atoms with Gasteiger partial charge >= 0.3 is 0 Å². The molecule has 2 aromatic rings. The number of nitrogen functional groups attached to an aromatic ring is 2.